The average Bonchev–Trinajstić information content (AvgIpc) is 3.38. The average molecular weight is 558 g/mol. The predicted octanol–water partition coefficient (Wildman–Crippen LogP) is 6.37. The van der Waals surface area contributed by atoms with E-state index >= 15 is 0 Å². The van der Waals surface area contributed by atoms with E-state index in [2.05, 4.69) is 4.72 Å². The number of halogens is 2. The van der Waals surface area contributed by atoms with Crippen molar-refractivity contribution >= 4 is 50.5 Å². The summed E-state index contributed by atoms with van der Waals surface area (Å²) in [6.45, 7) is 1.99. The summed E-state index contributed by atoms with van der Waals surface area (Å²) in [5, 5.41) is 0.604. The first-order valence-corrected chi connectivity index (χ1v) is 13.7. The second kappa shape index (κ2) is 11.3. The van der Waals surface area contributed by atoms with Crippen LogP contribution in [-0.4, -0.2) is 19.2 Å². The number of nitrogens with one attached hydrogen (secondary N) is 1. The molecule has 0 unspecified atom stereocenters. The minimum absolute atomic E-state index is 0.0349. The zero-order valence-corrected chi connectivity index (χ0v) is 22.3. The molecule has 0 saturated carbocycles. The Morgan fingerprint density at radius 3 is 2.46 bits per heavy atom. The molecule has 10 heteroatoms. The molecule has 0 aliphatic rings. The van der Waals surface area contributed by atoms with Crippen LogP contribution < -0.4 is 10.5 Å². The highest BCUT2D eigenvalue weighted by atomic mass is 35.5. The van der Waals surface area contributed by atoms with Gasteiger partial charge in [0, 0.05) is 11.6 Å². The molecule has 0 fully saturated rings. The topological polar surface area (TPSA) is 106 Å². The fourth-order valence-corrected chi connectivity index (χ4v) is 5.57. The molecular weight excluding hydrogens is 533 g/mol. The Morgan fingerprint density at radius 1 is 1.00 bits per heavy atom. The summed E-state index contributed by atoms with van der Waals surface area (Å²) in [6.07, 6.45) is 2.27. The number of rotatable bonds is 9. The number of nitrogens with zero attached hydrogens (tertiary/aromatic N) is 1. The first kappa shape index (κ1) is 26.6. The van der Waals surface area contributed by atoms with Gasteiger partial charge < -0.3 is 15.1 Å². The van der Waals surface area contributed by atoms with Gasteiger partial charge in [-0.05, 0) is 72.1 Å². The maximum atomic E-state index is 13.5. The molecule has 0 bridgehead atoms. The van der Waals surface area contributed by atoms with Crippen molar-refractivity contribution in [2.75, 3.05) is 10.5 Å². The van der Waals surface area contributed by atoms with Crippen molar-refractivity contribution < 1.29 is 17.6 Å². The van der Waals surface area contributed by atoms with Crippen LogP contribution in [0.3, 0.4) is 0 Å². The van der Waals surface area contributed by atoms with Crippen LogP contribution in [0.15, 0.2) is 88.4 Å². The van der Waals surface area contributed by atoms with Gasteiger partial charge in [0.2, 0.25) is 0 Å². The monoisotopic (exact) mass is 557 g/mol. The Bertz CT molecular complexity index is 1520. The SMILES string of the molecule is CCc1ccc(NS(=O)(=O)c2ccc(Cl)cc2CN(Cc2ccco2)C(=O)c2ccccc2Cl)c(N)c1. The minimum atomic E-state index is -4.09. The Kier molecular flexibility index (Phi) is 8.12. The van der Waals surface area contributed by atoms with Crippen molar-refractivity contribution in [3.8, 4) is 0 Å². The van der Waals surface area contributed by atoms with Gasteiger partial charge in [0.25, 0.3) is 15.9 Å². The summed E-state index contributed by atoms with van der Waals surface area (Å²) >= 11 is 12.5. The van der Waals surface area contributed by atoms with Gasteiger partial charge in [-0.2, -0.15) is 0 Å². The van der Waals surface area contributed by atoms with Gasteiger partial charge in [0.15, 0.2) is 0 Å². The molecule has 3 aromatic carbocycles. The van der Waals surface area contributed by atoms with Gasteiger partial charge in [0.05, 0.1) is 39.7 Å². The summed E-state index contributed by atoms with van der Waals surface area (Å²) < 4.78 is 35.0. The van der Waals surface area contributed by atoms with Crippen LogP contribution in [0.4, 0.5) is 11.4 Å². The quantitative estimate of drug-likeness (QED) is 0.232. The van der Waals surface area contributed by atoms with E-state index in [0.29, 0.717) is 22.0 Å². The number of nitrogen functional groups attached to an aromatic ring is 1. The Hall–Kier alpha value is -3.46. The minimum Gasteiger partial charge on any atom is -0.467 e. The number of hydrogen-bond donors (Lipinski definition) is 2. The van der Waals surface area contributed by atoms with E-state index in [1.54, 1.807) is 48.5 Å². The maximum Gasteiger partial charge on any atom is 0.262 e. The van der Waals surface area contributed by atoms with Gasteiger partial charge >= 0.3 is 0 Å². The number of carbonyl (C=O) groups is 1. The number of furan rings is 1. The molecular formula is C27H25Cl2N3O4S. The molecule has 0 saturated heterocycles. The van der Waals surface area contributed by atoms with Crippen molar-refractivity contribution in [3.05, 3.63) is 112 Å². The first-order chi connectivity index (χ1) is 17.7. The van der Waals surface area contributed by atoms with Crippen LogP contribution in [0.1, 0.15) is 34.2 Å². The van der Waals surface area contributed by atoms with E-state index in [0.717, 1.165) is 12.0 Å². The lowest BCUT2D eigenvalue weighted by Crippen LogP contribution is -2.31. The molecule has 1 heterocycles. The lowest BCUT2D eigenvalue weighted by molar-refractivity contribution is 0.0716. The Morgan fingerprint density at radius 2 is 1.78 bits per heavy atom. The largest absolute Gasteiger partial charge is 0.467 e. The zero-order chi connectivity index (χ0) is 26.6. The molecule has 1 aromatic heterocycles. The number of carbonyl (C=O) groups excluding carboxylic acids is 1. The summed E-state index contributed by atoms with van der Waals surface area (Å²) in [6, 6.07) is 19.7. The number of hydrogen-bond acceptors (Lipinski definition) is 5. The fraction of sp³-hybridized carbons (Fsp3) is 0.148. The van der Waals surface area contributed by atoms with Gasteiger partial charge in [-0.1, -0.05) is 48.3 Å². The highest BCUT2D eigenvalue weighted by Crippen LogP contribution is 2.29. The smallest absolute Gasteiger partial charge is 0.262 e. The summed E-state index contributed by atoms with van der Waals surface area (Å²) in [4.78, 5) is 14.9. The molecule has 37 heavy (non-hydrogen) atoms. The predicted molar refractivity (Wildman–Crippen MR) is 146 cm³/mol. The number of amides is 1. The van der Waals surface area contributed by atoms with E-state index in [4.69, 9.17) is 33.4 Å². The number of nitrogens with two attached hydrogens (primary N) is 1. The molecule has 0 radical (unpaired) electrons. The number of anilines is 2. The summed E-state index contributed by atoms with van der Waals surface area (Å²) in [5.41, 5.74) is 8.25. The van der Waals surface area contributed by atoms with Gasteiger partial charge in [-0.3, -0.25) is 9.52 Å². The lowest BCUT2D eigenvalue weighted by atomic mass is 10.1. The fourth-order valence-electron chi connectivity index (χ4n) is 3.86. The molecule has 0 atom stereocenters. The summed E-state index contributed by atoms with van der Waals surface area (Å²) in [5.74, 6) is 0.131. The normalized spacial score (nSPS) is 11.3. The molecule has 192 valence electrons. The molecule has 0 aliphatic heterocycles. The number of sulfonamides is 1. The van der Waals surface area contributed by atoms with Crippen molar-refractivity contribution in [2.45, 2.75) is 31.3 Å². The number of aryl methyl sites for hydroxylation is 1. The molecule has 4 aromatic rings. The second-order valence-electron chi connectivity index (χ2n) is 8.35. The van der Waals surface area contributed by atoms with E-state index in [9.17, 15) is 13.2 Å². The third kappa shape index (κ3) is 6.28. The third-order valence-electron chi connectivity index (χ3n) is 5.76. The third-order valence-corrected chi connectivity index (χ3v) is 7.79. The van der Waals surface area contributed by atoms with E-state index in [1.807, 2.05) is 13.0 Å². The summed E-state index contributed by atoms with van der Waals surface area (Å²) in [7, 11) is -4.09. The van der Waals surface area contributed by atoms with Crippen LogP contribution >= 0.6 is 23.2 Å². The second-order valence-corrected chi connectivity index (χ2v) is 10.8. The van der Waals surface area contributed by atoms with Gasteiger partial charge in [-0.25, -0.2) is 8.42 Å². The van der Waals surface area contributed by atoms with E-state index in [1.165, 1.54) is 29.4 Å². The highest BCUT2D eigenvalue weighted by Gasteiger charge is 2.25. The molecule has 0 aliphatic carbocycles. The van der Waals surface area contributed by atoms with Crippen LogP contribution in [-0.2, 0) is 29.5 Å². The van der Waals surface area contributed by atoms with E-state index in [-0.39, 0.29) is 34.3 Å². The van der Waals surface area contributed by atoms with Crippen molar-refractivity contribution in [1.29, 1.82) is 0 Å². The van der Waals surface area contributed by atoms with Crippen LogP contribution in [0.5, 0.6) is 0 Å². The van der Waals surface area contributed by atoms with Crippen LogP contribution in [0.25, 0.3) is 0 Å². The van der Waals surface area contributed by atoms with Crippen molar-refractivity contribution in [2.24, 2.45) is 0 Å². The Balaban J connectivity index is 1.71. The van der Waals surface area contributed by atoms with E-state index < -0.39 is 15.9 Å². The maximum absolute atomic E-state index is 13.5. The lowest BCUT2D eigenvalue weighted by Gasteiger charge is -2.24. The number of benzene rings is 3. The molecule has 7 nitrogen and oxygen atoms in total. The molecule has 4 rings (SSSR count). The highest BCUT2D eigenvalue weighted by molar-refractivity contribution is 7.92. The first-order valence-electron chi connectivity index (χ1n) is 11.4. The Labute approximate surface area is 225 Å². The van der Waals surface area contributed by atoms with Crippen LogP contribution in [0, 0.1) is 0 Å². The molecule has 3 N–H and O–H groups in total. The standard InChI is InChI=1S/C27H25Cl2N3O4S/c1-2-18-9-11-25(24(30)14-18)31-37(34,35)26-12-10-20(28)15-19(26)16-32(17-21-6-5-13-36-21)27(33)22-7-3-4-8-23(22)29/h3-15,31H,2,16-17,30H2,1H3. The van der Waals surface area contributed by atoms with Gasteiger partial charge in [-0.15, -0.1) is 0 Å². The van der Waals surface area contributed by atoms with Crippen molar-refractivity contribution in [1.82, 2.24) is 4.90 Å². The van der Waals surface area contributed by atoms with Crippen LogP contribution in [0.2, 0.25) is 10.0 Å². The van der Waals surface area contributed by atoms with Crippen molar-refractivity contribution in [3.63, 3.8) is 0 Å². The molecule has 1 amide bonds. The zero-order valence-electron chi connectivity index (χ0n) is 19.9. The van der Waals surface area contributed by atoms with Gasteiger partial charge in [0.1, 0.15) is 5.76 Å². The molecule has 0 spiro atoms.